The number of fused-ring (bicyclic) bond motifs is 3. The maximum absolute atomic E-state index is 13.6. The molecule has 3 aromatic rings. The number of hydrogen-bond acceptors (Lipinski definition) is 5. The number of rotatable bonds is 3. The third kappa shape index (κ3) is 2.77. The predicted octanol–water partition coefficient (Wildman–Crippen LogP) is 3.24. The molecule has 2 bridgehead atoms. The minimum absolute atomic E-state index is 0.0420. The van der Waals surface area contributed by atoms with E-state index in [0.29, 0.717) is 42.2 Å². The highest BCUT2D eigenvalue weighted by molar-refractivity contribution is 5.81. The van der Waals surface area contributed by atoms with Crippen molar-refractivity contribution in [3.63, 3.8) is 0 Å². The van der Waals surface area contributed by atoms with E-state index in [2.05, 4.69) is 19.7 Å². The lowest BCUT2D eigenvalue weighted by Gasteiger charge is -2.34. The van der Waals surface area contributed by atoms with Crippen LogP contribution in [-0.4, -0.2) is 37.0 Å². The fraction of sp³-hybridized carbons (Fsp3) is 0.455. The Morgan fingerprint density at radius 2 is 1.97 bits per heavy atom. The standard InChI is InChI=1S/C22H22FN5O2/c23-16-5-3-13(4-6-16)20-25-21(30-26-20)18-14-1-2-15(11-14)19(18)22(29)28-10-9-27-8-7-24-17(27)12-28/h3-8,14-15,18-19H,1-2,9-12H2/t14-,15+,18+,19+/m1/s1. The number of carbonyl (C=O) groups is 1. The molecule has 0 unspecified atom stereocenters. The van der Waals surface area contributed by atoms with Gasteiger partial charge in [0.2, 0.25) is 17.6 Å². The van der Waals surface area contributed by atoms with E-state index in [1.807, 2.05) is 11.1 Å². The van der Waals surface area contributed by atoms with Crippen molar-refractivity contribution in [1.82, 2.24) is 24.6 Å². The molecular weight excluding hydrogens is 385 g/mol. The monoisotopic (exact) mass is 407 g/mol. The number of benzene rings is 1. The number of nitrogens with zero attached hydrogens (tertiary/aromatic N) is 5. The van der Waals surface area contributed by atoms with Gasteiger partial charge in [-0.15, -0.1) is 0 Å². The number of aromatic nitrogens is 4. The smallest absolute Gasteiger partial charge is 0.231 e. The molecule has 1 aromatic carbocycles. The van der Waals surface area contributed by atoms with Gasteiger partial charge in [-0.3, -0.25) is 4.79 Å². The second-order valence-electron chi connectivity index (χ2n) is 8.64. The van der Waals surface area contributed by atoms with Gasteiger partial charge in [0, 0.05) is 31.0 Å². The summed E-state index contributed by atoms with van der Waals surface area (Å²) in [6.45, 7) is 2.03. The van der Waals surface area contributed by atoms with Crippen molar-refractivity contribution < 1.29 is 13.7 Å². The van der Waals surface area contributed by atoms with Gasteiger partial charge in [0.15, 0.2) is 0 Å². The van der Waals surface area contributed by atoms with Crippen molar-refractivity contribution >= 4 is 5.91 Å². The summed E-state index contributed by atoms with van der Waals surface area (Å²) >= 11 is 0. The van der Waals surface area contributed by atoms with Crippen molar-refractivity contribution in [1.29, 1.82) is 0 Å². The molecule has 2 fully saturated rings. The summed E-state index contributed by atoms with van der Waals surface area (Å²) in [5.74, 6) is 2.41. The molecule has 0 N–H and O–H groups in total. The van der Waals surface area contributed by atoms with Gasteiger partial charge >= 0.3 is 0 Å². The summed E-state index contributed by atoms with van der Waals surface area (Å²) in [5, 5.41) is 4.13. The Kier molecular flexibility index (Phi) is 4.01. The lowest BCUT2D eigenvalue weighted by Crippen LogP contribution is -2.44. The Morgan fingerprint density at radius 1 is 1.13 bits per heavy atom. The van der Waals surface area contributed by atoms with Crippen molar-refractivity contribution in [3.8, 4) is 11.4 Å². The van der Waals surface area contributed by atoms with E-state index in [4.69, 9.17) is 4.52 Å². The quantitative estimate of drug-likeness (QED) is 0.666. The fourth-order valence-electron chi connectivity index (χ4n) is 5.66. The van der Waals surface area contributed by atoms with Crippen LogP contribution in [0.2, 0.25) is 0 Å². The zero-order valence-electron chi connectivity index (χ0n) is 16.4. The molecule has 1 amide bonds. The van der Waals surface area contributed by atoms with Gasteiger partial charge in [0.25, 0.3) is 0 Å². The molecule has 4 atom stereocenters. The van der Waals surface area contributed by atoms with Crippen LogP contribution < -0.4 is 0 Å². The molecule has 30 heavy (non-hydrogen) atoms. The molecule has 2 aliphatic carbocycles. The average molecular weight is 407 g/mol. The summed E-state index contributed by atoms with van der Waals surface area (Å²) in [6, 6.07) is 6.05. The summed E-state index contributed by atoms with van der Waals surface area (Å²) < 4.78 is 21.0. The maximum Gasteiger partial charge on any atom is 0.231 e. The minimum atomic E-state index is -0.302. The number of imidazole rings is 1. The minimum Gasteiger partial charge on any atom is -0.339 e. The maximum atomic E-state index is 13.6. The largest absolute Gasteiger partial charge is 0.339 e. The van der Waals surface area contributed by atoms with Crippen LogP contribution >= 0.6 is 0 Å². The van der Waals surface area contributed by atoms with E-state index in [1.165, 1.54) is 12.1 Å². The normalized spacial score (nSPS) is 27.4. The van der Waals surface area contributed by atoms with Crippen LogP contribution in [0, 0.1) is 23.6 Å². The van der Waals surface area contributed by atoms with Gasteiger partial charge in [-0.25, -0.2) is 9.37 Å². The molecule has 154 valence electrons. The van der Waals surface area contributed by atoms with Gasteiger partial charge in [-0.2, -0.15) is 4.98 Å². The van der Waals surface area contributed by atoms with Crippen LogP contribution in [0.25, 0.3) is 11.4 Å². The molecule has 7 nitrogen and oxygen atoms in total. The molecule has 0 spiro atoms. The Balaban J connectivity index is 1.28. The Morgan fingerprint density at radius 3 is 2.83 bits per heavy atom. The van der Waals surface area contributed by atoms with Gasteiger partial charge in [-0.1, -0.05) is 5.16 Å². The van der Waals surface area contributed by atoms with Crippen molar-refractivity contribution in [2.75, 3.05) is 6.54 Å². The lowest BCUT2D eigenvalue weighted by molar-refractivity contribution is -0.139. The summed E-state index contributed by atoms with van der Waals surface area (Å²) in [6.07, 6.45) is 6.97. The van der Waals surface area contributed by atoms with E-state index < -0.39 is 0 Å². The zero-order chi connectivity index (χ0) is 20.2. The average Bonchev–Trinajstić information content (AvgIpc) is 3.56. The van der Waals surface area contributed by atoms with E-state index in [-0.39, 0.29) is 23.6 Å². The first-order chi connectivity index (χ1) is 14.7. The highest BCUT2D eigenvalue weighted by atomic mass is 19.1. The summed E-state index contributed by atoms with van der Waals surface area (Å²) in [4.78, 5) is 24.5. The van der Waals surface area contributed by atoms with Crippen molar-refractivity contribution in [2.45, 2.75) is 38.3 Å². The molecule has 1 aliphatic heterocycles. The number of amides is 1. The summed E-state index contributed by atoms with van der Waals surface area (Å²) in [7, 11) is 0. The van der Waals surface area contributed by atoms with Gasteiger partial charge in [0.1, 0.15) is 11.6 Å². The highest BCUT2D eigenvalue weighted by Gasteiger charge is 2.54. The van der Waals surface area contributed by atoms with Crippen molar-refractivity contribution in [3.05, 3.63) is 54.2 Å². The third-order valence-electron chi connectivity index (χ3n) is 7.09. The second-order valence-corrected chi connectivity index (χ2v) is 8.64. The molecule has 3 heterocycles. The van der Waals surface area contributed by atoms with E-state index in [1.54, 1.807) is 18.3 Å². The fourth-order valence-corrected chi connectivity index (χ4v) is 5.66. The predicted molar refractivity (Wildman–Crippen MR) is 104 cm³/mol. The molecule has 2 aromatic heterocycles. The van der Waals surface area contributed by atoms with Crippen LogP contribution in [0.3, 0.4) is 0 Å². The zero-order valence-corrected chi connectivity index (χ0v) is 16.4. The molecule has 0 radical (unpaired) electrons. The topological polar surface area (TPSA) is 77.0 Å². The first-order valence-electron chi connectivity index (χ1n) is 10.6. The molecule has 3 aliphatic rings. The Bertz CT molecular complexity index is 1090. The Labute approximate surface area is 172 Å². The number of carbonyl (C=O) groups excluding carboxylic acids is 1. The van der Waals surface area contributed by atoms with E-state index in [0.717, 1.165) is 31.6 Å². The van der Waals surface area contributed by atoms with Crippen LogP contribution in [-0.2, 0) is 17.9 Å². The van der Waals surface area contributed by atoms with Crippen LogP contribution in [0.1, 0.15) is 36.9 Å². The third-order valence-corrected chi connectivity index (χ3v) is 7.09. The van der Waals surface area contributed by atoms with Crippen LogP contribution in [0.5, 0.6) is 0 Å². The molecule has 0 saturated heterocycles. The van der Waals surface area contributed by atoms with Gasteiger partial charge in [-0.05, 0) is 55.4 Å². The Hall–Kier alpha value is -3.03. The SMILES string of the molecule is O=C([C@H]1[C@H]2CC[C@H](C2)[C@@H]1c1nc(-c2ccc(F)cc2)no1)N1CCn2ccnc2C1. The molecule has 2 saturated carbocycles. The number of hydrogen-bond donors (Lipinski definition) is 0. The number of halogens is 1. The first-order valence-corrected chi connectivity index (χ1v) is 10.6. The van der Waals surface area contributed by atoms with Crippen molar-refractivity contribution in [2.24, 2.45) is 17.8 Å². The molecule has 8 heteroatoms. The lowest BCUT2D eigenvalue weighted by atomic mass is 9.78. The van der Waals surface area contributed by atoms with Crippen LogP contribution in [0.4, 0.5) is 4.39 Å². The van der Waals surface area contributed by atoms with Gasteiger partial charge < -0.3 is 14.0 Å². The molecule has 6 rings (SSSR count). The van der Waals surface area contributed by atoms with Crippen LogP contribution in [0.15, 0.2) is 41.2 Å². The highest BCUT2D eigenvalue weighted by Crippen LogP contribution is 2.57. The second kappa shape index (κ2) is 6.75. The molecular formula is C22H22FN5O2. The first kappa shape index (κ1) is 17.8. The van der Waals surface area contributed by atoms with Gasteiger partial charge in [0.05, 0.1) is 18.4 Å². The summed E-state index contributed by atoms with van der Waals surface area (Å²) in [5.41, 5.74) is 0.709. The van der Waals surface area contributed by atoms with E-state index in [9.17, 15) is 9.18 Å². The van der Waals surface area contributed by atoms with E-state index >= 15 is 0 Å².